The summed E-state index contributed by atoms with van der Waals surface area (Å²) in [5.41, 5.74) is 9.20. The topological polar surface area (TPSA) is 85.8 Å². The number of hydrogen-bond donors (Lipinski definition) is 1. The maximum Gasteiger partial charge on any atom is 0.254 e. The van der Waals surface area contributed by atoms with E-state index in [1.165, 1.54) is 12.1 Å². The number of likely N-dealkylation sites (N-methyl/N-ethyl adjacent to an activating group) is 1. The van der Waals surface area contributed by atoms with Crippen molar-refractivity contribution in [1.82, 2.24) is 19.3 Å². The minimum Gasteiger partial charge on any atom is -0.491 e. The summed E-state index contributed by atoms with van der Waals surface area (Å²) in [6.07, 6.45) is 3.27. The van der Waals surface area contributed by atoms with Crippen LogP contribution >= 0.6 is 0 Å². The van der Waals surface area contributed by atoms with Crippen molar-refractivity contribution in [3.63, 3.8) is 0 Å². The number of amides is 1. The molecule has 1 atom stereocenters. The van der Waals surface area contributed by atoms with Crippen LogP contribution in [0.5, 0.6) is 5.75 Å². The molecule has 140 valence electrons. The molecule has 0 saturated carbocycles. The van der Waals surface area contributed by atoms with Crippen LogP contribution in [0.15, 0.2) is 48.9 Å². The van der Waals surface area contributed by atoms with E-state index < -0.39 is 0 Å². The molecular weight excluding hydrogens is 361 g/mol. The van der Waals surface area contributed by atoms with Crippen LogP contribution in [-0.2, 0) is 0 Å². The predicted molar refractivity (Wildman–Crippen MR) is 102 cm³/mol. The van der Waals surface area contributed by atoms with Gasteiger partial charge in [0.1, 0.15) is 29.5 Å². The monoisotopic (exact) mass is 377 g/mol. The fraction of sp³-hybridized carbons (Fsp3) is 0.150. The van der Waals surface area contributed by atoms with Gasteiger partial charge in [0, 0.05) is 18.2 Å². The van der Waals surface area contributed by atoms with E-state index in [0.717, 1.165) is 5.52 Å². The van der Waals surface area contributed by atoms with E-state index in [1.807, 2.05) is 0 Å². The highest BCUT2D eigenvalue weighted by Gasteiger charge is 2.31. The normalized spacial score (nSPS) is 15.6. The SMILES string of the molecule is CN(C(=O)c1ccc2nc(N)c3cncn3c2c1)[C@@H]1COc2ccc(F)cc21. The van der Waals surface area contributed by atoms with Gasteiger partial charge in [0.05, 0.1) is 29.6 Å². The van der Waals surface area contributed by atoms with E-state index in [-0.39, 0.29) is 17.8 Å². The lowest BCUT2D eigenvalue weighted by Crippen LogP contribution is -2.32. The third-order valence-electron chi connectivity index (χ3n) is 5.14. The van der Waals surface area contributed by atoms with E-state index >= 15 is 0 Å². The maximum absolute atomic E-state index is 13.7. The number of nitrogens with two attached hydrogens (primary N) is 1. The molecule has 8 heteroatoms. The number of imidazole rings is 1. The lowest BCUT2D eigenvalue weighted by Gasteiger charge is -2.24. The molecule has 4 aromatic rings. The van der Waals surface area contributed by atoms with Gasteiger partial charge in [-0.25, -0.2) is 14.4 Å². The first-order valence-electron chi connectivity index (χ1n) is 8.73. The van der Waals surface area contributed by atoms with Crippen molar-refractivity contribution < 1.29 is 13.9 Å². The number of nitrogen functional groups attached to an aromatic ring is 1. The molecule has 2 aromatic carbocycles. The summed E-state index contributed by atoms with van der Waals surface area (Å²) in [6.45, 7) is 0.290. The highest BCUT2D eigenvalue weighted by atomic mass is 19.1. The van der Waals surface area contributed by atoms with Crippen molar-refractivity contribution in [2.75, 3.05) is 19.4 Å². The molecule has 0 saturated heterocycles. The molecule has 0 spiro atoms. The molecule has 7 nitrogen and oxygen atoms in total. The highest BCUT2D eigenvalue weighted by molar-refractivity contribution is 5.98. The van der Waals surface area contributed by atoms with Crippen molar-refractivity contribution in [1.29, 1.82) is 0 Å². The van der Waals surface area contributed by atoms with E-state index in [9.17, 15) is 9.18 Å². The first-order chi connectivity index (χ1) is 13.5. The zero-order valence-electron chi connectivity index (χ0n) is 15.0. The molecule has 0 radical (unpaired) electrons. The number of rotatable bonds is 2. The lowest BCUT2D eigenvalue weighted by atomic mass is 10.1. The van der Waals surface area contributed by atoms with Crippen molar-refractivity contribution in [3.8, 4) is 5.75 Å². The van der Waals surface area contributed by atoms with Gasteiger partial charge >= 0.3 is 0 Å². The molecule has 2 N–H and O–H groups in total. The number of hydrogen-bond acceptors (Lipinski definition) is 5. The van der Waals surface area contributed by atoms with Gasteiger partial charge in [-0.3, -0.25) is 9.20 Å². The second-order valence-corrected chi connectivity index (χ2v) is 6.77. The summed E-state index contributed by atoms with van der Waals surface area (Å²) >= 11 is 0. The molecule has 0 unspecified atom stereocenters. The van der Waals surface area contributed by atoms with Crippen molar-refractivity contribution in [2.24, 2.45) is 0 Å². The Kier molecular flexibility index (Phi) is 3.48. The molecule has 0 fully saturated rings. The Bertz CT molecular complexity index is 1250. The number of aromatic nitrogens is 3. The van der Waals surface area contributed by atoms with Gasteiger partial charge in [0.25, 0.3) is 5.91 Å². The molecule has 3 heterocycles. The summed E-state index contributed by atoms with van der Waals surface area (Å²) in [4.78, 5) is 23.2. The predicted octanol–water partition coefficient (Wildman–Crippen LogP) is 2.81. The molecule has 2 aromatic heterocycles. The number of halogens is 1. The smallest absolute Gasteiger partial charge is 0.254 e. The highest BCUT2D eigenvalue weighted by Crippen LogP contribution is 2.36. The van der Waals surface area contributed by atoms with Gasteiger partial charge < -0.3 is 15.4 Å². The minimum atomic E-state index is -0.355. The van der Waals surface area contributed by atoms with E-state index in [2.05, 4.69) is 9.97 Å². The number of fused-ring (bicyclic) bond motifs is 4. The fourth-order valence-corrected chi connectivity index (χ4v) is 3.64. The largest absolute Gasteiger partial charge is 0.491 e. The molecule has 28 heavy (non-hydrogen) atoms. The van der Waals surface area contributed by atoms with Gasteiger partial charge in [-0.1, -0.05) is 0 Å². The minimum absolute atomic E-state index is 0.197. The zero-order chi connectivity index (χ0) is 19.4. The molecule has 0 aliphatic carbocycles. The zero-order valence-corrected chi connectivity index (χ0v) is 15.0. The van der Waals surface area contributed by atoms with Crippen LogP contribution in [-0.4, -0.2) is 38.8 Å². The van der Waals surface area contributed by atoms with Gasteiger partial charge in [0.2, 0.25) is 0 Å². The Balaban J connectivity index is 1.54. The average Bonchev–Trinajstić information content (AvgIpc) is 3.34. The number of carbonyl (C=O) groups excluding carboxylic acids is 1. The van der Waals surface area contributed by atoms with E-state index in [4.69, 9.17) is 10.5 Å². The van der Waals surface area contributed by atoms with Gasteiger partial charge in [-0.2, -0.15) is 0 Å². The first-order valence-corrected chi connectivity index (χ1v) is 8.73. The van der Waals surface area contributed by atoms with Crippen LogP contribution in [0.4, 0.5) is 10.2 Å². The first kappa shape index (κ1) is 16.5. The van der Waals surface area contributed by atoms with E-state index in [1.54, 1.807) is 53.1 Å². The molecule has 0 bridgehead atoms. The second-order valence-electron chi connectivity index (χ2n) is 6.77. The Morgan fingerprint density at radius 2 is 2.14 bits per heavy atom. The van der Waals surface area contributed by atoms with Gasteiger partial charge in [-0.15, -0.1) is 0 Å². The second kappa shape index (κ2) is 5.91. The summed E-state index contributed by atoms with van der Waals surface area (Å²) in [5, 5.41) is 0. The van der Waals surface area contributed by atoms with Crippen LogP contribution < -0.4 is 10.5 Å². The average molecular weight is 377 g/mol. The quantitative estimate of drug-likeness (QED) is 0.581. The number of nitrogens with zero attached hydrogens (tertiary/aromatic N) is 4. The molecule has 5 rings (SSSR count). The Hall–Kier alpha value is -3.68. The fourth-order valence-electron chi connectivity index (χ4n) is 3.64. The molecule has 1 amide bonds. The standard InChI is InChI=1S/C20H16FN5O2/c1-25(17-9-28-18-5-3-12(21)7-13(17)18)20(27)11-2-4-14-15(6-11)26-10-23-8-16(26)19(22)24-14/h2-8,10,17H,9H2,1H3,(H2,22,24)/t17-/m1/s1. The molecule has 1 aliphatic heterocycles. The summed E-state index contributed by atoms with van der Waals surface area (Å²) in [6, 6.07) is 9.22. The van der Waals surface area contributed by atoms with Crippen LogP contribution in [0.1, 0.15) is 22.0 Å². The van der Waals surface area contributed by atoms with Crippen LogP contribution in [0, 0.1) is 5.82 Å². The van der Waals surface area contributed by atoms with E-state index in [0.29, 0.717) is 40.3 Å². The van der Waals surface area contributed by atoms with Gasteiger partial charge in [0.15, 0.2) is 0 Å². The molecular formula is C20H16FN5O2. The Labute approximate surface area is 159 Å². The summed E-state index contributed by atoms with van der Waals surface area (Å²) < 4.78 is 21.1. The van der Waals surface area contributed by atoms with Crippen LogP contribution in [0.3, 0.4) is 0 Å². The van der Waals surface area contributed by atoms with Crippen molar-refractivity contribution in [3.05, 3.63) is 65.9 Å². The summed E-state index contributed by atoms with van der Waals surface area (Å²) in [7, 11) is 1.69. The number of anilines is 1. The van der Waals surface area contributed by atoms with Crippen LogP contribution in [0.25, 0.3) is 16.6 Å². The maximum atomic E-state index is 13.7. The third-order valence-corrected chi connectivity index (χ3v) is 5.14. The van der Waals surface area contributed by atoms with Crippen molar-refractivity contribution in [2.45, 2.75) is 6.04 Å². The Morgan fingerprint density at radius 3 is 3.00 bits per heavy atom. The lowest BCUT2D eigenvalue weighted by molar-refractivity contribution is 0.0708. The summed E-state index contributed by atoms with van der Waals surface area (Å²) in [5.74, 6) is 0.428. The Morgan fingerprint density at radius 1 is 1.29 bits per heavy atom. The molecule has 1 aliphatic rings. The number of carbonyl (C=O) groups is 1. The number of benzene rings is 2. The van der Waals surface area contributed by atoms with Gasteiger partial charge in [-0.05, 0) is 36.4 Å². The number of ether oxygens (including phenoxy) is 1. The third kappa shape index (κ3) is 2.38. The van der Waals surface area contributed by atoms with Crippen molar-refractivity contribution >= 4 is 28.3 Å². The van der Waals surface area contributed by atoms with Crippen LogP contribution in [0.2, 0.25) is 0 Å².